The first-order chi connectivity index (χ1) is 15.5. The topological polar surface area (TPSA) is 115 Å². The van der Waals surface area contributed by atoms with E-state index in [9.17, 15) is 14.7 Å². The van der Waals surface area contributed by atoms with Gasteiger partial charge in [-0.05, 0) is 43.3 Å². The molecule has 9 nitrogen and oxygen atoms in total. The highest BCUT2D eigenvalue weighted by Crippen LogP contribution is 2.36. The molecule has 0 saturated carbocycles. The highest BCUT2D eigenvalue weighted by Gasteiger charge is 2.30. The van der Waals surface area contributed by atoms with Crippen LogP contribution in [-0.4, -0.2) is 40.5 Å². The number of para-hydroxylation sites is 1. The van der Waals surface area contributed by atoms with E-state index in [1.165, 1.54) is 12.3 Å². The van der Waals surface area contributed by atoms with Gasteiger partial charge in [0.1, 0.15) is 34.6 Å². The maximum atomic E-state index is 13.0. The number of ether oxygens (including phenoxy) is 2. The number of carbonyl (C=O) groups is 2. The van der Waals surface area contributed by atoms with Gasteiger partial charge in [0.15, 0.2) is 0 Å². The summed E-state index contributed by atoms with van der Waals surface area (Å²) < 4.78 is 12.4. The molecule has 164 valence electrons. The van der Waals surface area contributed by atoms with Crippen molar-refractivity contribution in [2.24, 2.45) is 0 Å². The number of anilines is 2. The van der Waals surface area contributed by atoms with Crippen LogP contribution in [0.25, 0.3) is 0 Å². The van der Waals surface area contributed by atoms with Crippen molar-refractivity contribution >= 4 is 23.4 Å². The molecule has 0 fully saturated rings. The Kier molecular flexibility index (Phi) is 5.80. The van der Waals surface area contributed by atoms with E-state index < -0.39 is 17.9 Å². The van der Waals surface area contributed by atoms with Crippen LogP contribution in [0.5, 0.6) is 11.5 Å². The average Bonchev–Trinajstić information content (AvgIpc) is 3.24. The Morgan fingerprint density at radius 2 is 1.94 bits per heavy atom. The molecule has 0 radical (unpaired) electrons. The fraction of sp³-hybridized carbons (Fsp3) is 0.174. The molecule has 0 spiro atoms. The second-order valence-electron chi connectivity index (χ2n) is 6.96. The number of amides is 1. The maximum absolute atomic E-state index is 13.0. The number of methoxy groups -OCH3 is 1. The second-order valence-corrected chi connectivity index (χ2v) is 6.96. The van der Waals surface area contributed by atoms with Crippen molar-refractivity contribution in [2.75, 3.05) is 24.4 Å². The minimum absolute atomic E-state index is 0.0518. The zero-order valence-corrected chi connectivity index (χ0v) is 17.5. The van der Waals surface area contributed by atoms with E-state index in [1.54, 1.807) is 42.1 Å². The van der Waals surface area contributed by atoms with E-state index in [1.807, 2.05) is 25.1 Å². The highest BCUT2D eigenvalue weighted by molar-refractivity contribution is 6.08. The summed E-state index contributed by atoms with van der Waals surface area (Å²) in [6, 6.07) is 13.7. The number of carbonyl (C=O) groups excluding carboxylic acids is 1. The third-order valence-electron chi connectivity index (χ3n) is 4.99. The van der Waals surface area contributed by atoms with Crippen LogP contribution in [0.2, 0.25) is 0 Å². The lowest BCUT2D eigenvalue weighted by Gasteiger charge is -2.25. The van der Waals surface area contributed by atoms with Gasteiger partial charge in [0.2, 0.25) is 0 Å². The van der Waals surface area contributed by atoms with Crippen LogP contribution in [0.15, 0.2) is 66.5 Å². The van der Waals surface area contributed by atoms with Crippen molar-refractivity contribution in [1.29, 1.82) is 0 Å². The van der Waals surface area contributed by atoms with Crippen molar-refractivity contribution in [3.63, 3.8) is 0 Å². The Morgan fingerprint density at radius 3 is 2.62 bits per heavy atom. The Bertz CT molecular complexity index is 1180. The molecule has 1 aromatic heterocycles. The fourth-order valence-electron chi connectivity index (χ4n) is 3.52. The number of hydrogen-bond donors (Lipinski definition) is 3. The van der Waals surface area contributed by atoms with Crippen molar-refractivity contribution in [2.45, 2.75) is 13.0 Å². The minimum atomic E-state index is -1.14. The number of nitrogens with zero attached hydrogens (tertiary/aromatic N) is 2. The third kappa shape index (κ3) is 4.00. The molecule has 2 aromatic carbocycles. The van der Waals surface area contributed by atoms with Gasteiger partial charge < -0.3 is 25.2 Å². The van der Waals surface area contributed by atoms with Crippen LogP contribution in [0.1, 0.15) is 28.9 Å². The Morgan fingerprint density at radius 1 is 1.19 bits per heavy atom. The number of rotatable bonds is 7. The van der Waals surface area contributed by atoms with Crippen molar-refractivity contribution in [3.05, 3.63) is 77.6 Å². The summed E-state index contributed by atoms with van der Waals surface area (Å²) in [5, 5.41) is 19.6. The average molecular weight is 434 g/mol. The Hall–Kier alpha value is -4.27. The van der Waals surface area contributed by atoms with Gasteiger partial charge in [-0.1, -0.05) is 18.2 Å². The number of carboxylic acids is 1. The first kappa shape index (κ1) is 21.0. The number of benzene rings is 2. The zero-order valence-electron chi connectivity index (χ0n) is 17.5. The number of allylic oxidation sites excluding steroid dienone is 1. The fourth-order valence-corrected chi connectivity index (χ4v) is 3.52. The molecule has 0 aliphatic carbocycles. The van der Waals surface area contributed by atoms with E-state index in [4.69, 9.17) is 9.47 Å². The Balaban J connectivity index is 1.67. The van der Waals surface area contributed by atoms with Crippen molar-refractivity contribution in [3.8, 4) is 11.5 Å². The predicted octanol–water partition coefficient (Wildman–Crippen LogP) is 3.53. The predicted molar refractivity (Wildman–Crippen MR) is 118 cm³/mol. The molecular weight excluding hydrogens is 412 g/mol. The minimum Gasteiger partial charge on any atom is -0.496 e. The molecule has 1 aliphatic heterocycles. The molecule has 0 bridgehead atoms. The molecule has 9 heteroatoms. The molecule has 3 N–H and O–H groups in total. The van der Waals surface area contributed by atoms with Crippen LogP contribution >= 0.6 is 0 Å². The lowest BCUT2D eigenvalue weighted by atomic mass is 10.0. The van der Waals surface area contributed by atoms with Gasteiger partial charge in [-0.25, -0.2) is 9.48 Å². The molecule has 2 heterocycles. The smallest absolute Gasteiger partial charge is 0.352 e. The maximum Gasteiger partial charge on any atom is 0.352 e. The number of nitrogens with one attached hydrogen (secondary N) is 2. The summed E-state index contributed by atoms with van der Waals surface area (Å²) in [6.07, 6.45) is 2.95. The molecule has 32 heavy (non-hydrogen) atoms. The van der Waals surface area contributed by atoms with Gasteiger partial charge in [0.25, 0.3) is 5.91 Å². The third-order valence-corrected chi connectivity index (χ3v) is 4.99. The van der Waals surface area contributed by atoms with Gasteiger partial charge in [0, 0.05) is 11.3 Å². The normalized spacial score (nSPS) is 14.6. The monoisotopic (exact) mass is 434 g/mol. The van der Waals surface area contributed by atoms with E-state index in [2.05, 4.69) is 15.7 Å². The number of aromatic nitrogens is 2. The Labute approximate surface area is 184 Å². The van der Waals surface area contributed by atoms with Gasteiger partial charge in [-0.15, -0.1) is 0 Å². The first-order valence-electron chi connectivity index (χ1n) is 9.98. The largest absolute Gasteiger partial charge is 0.496 e. The van der Waals surface area contributed by atoms with E-state index in [0.717, 1.165) is 5.56 Å². The summed E-state index contributed by atoms with van der Waals surface area (Å²) >= 11 is 0. The highest BCUT2D eigenvalue weighted by atomic mass is 16.5. The number of hydrogen-bond acceptors (Lipinski definition) is 6. The second kappa shape index (κ2) is 8.84. The van der Waals surface area contributed by atoms with Crippen molar-refractivity contribution in [1.82, 2.24) is 9.78 Å². The van der Waals surface area contributed by atoms with Crippen LogP contribution < -0.4 is 20.1 Å². The van der Waals surface area contributed by atoms with Gasteiger partial charge in [0.05, 0.1) is 19.9 Å². The summed E-state index contributed by atoms with van der Waals surface area (Å²) in [6.45, 7) is 2.44. The summed E-state index contributed by atoms with van der Waals surface area (Å²) in [7, 11) is 1.54. The SMILES string of the molecule is CCOc1ccc(NC(=O)c2cnn3c2NC(C(=O)O)=C[C@@H]3c2ccccc2OC)cc1. The number of aliphatic carboxylic acids is 1. The van der Waals surface area contributed by atoms with Gasteiger partial charge in [-0.3, -0.25) is 4.79 Å². The molecule has 1 aliphatic rings. The van der Waals surface area contributed by atoms with Crippen molar-refractivity contribution < 1.29 is 24.2 Å². The molecule has 4 rings (SSSR count). The molecule has 0 saturated heterocycles. The zero-order chi connectivity index (χ0) is 22.7. The van der Waals surface area contributed by atoms with Crippen LogP contribution in [0.4, 0.5) is 11.5 Å². The molecule has 1 amide bonds. The lowest BCUT2D eigenvalue weighted by molar-refractivity contribution is -0.132. The van der Waals surface area contributed by atoms with E-state index in [-0.39, 0.29) is 17.1 Å². The van der Waals surface area contributed by atoms with E-state index >= 15 is 0 Å². The lowest BCUT2D eigenvalue weighted by Crippen LogP contribution is -2.26. The van der Waals surface area contributed by atoms with Crippen LogP contribution in [0, 0.1) is 0 Å². The van der Waals surface area contributed by atoms with E-state index in [0.29, 0.717) is 23.8 Å². The molecular formula is C23H22N4O5. The molecule has 0 unspecified atom stereocenters. The van der Waals surface area contributed by atoms with Crippen LogP contribution in [0.3, 0.4) is 0 Å². The van der Waals surface area contributed by atoms with Gasteiger partial charge in [-0.2, -0.15) is 5.10 Å². The number of carboxylic acid groups (broad SMARTS) is 1. The quantitative estimate of drug-likeness (QED) is 0.521. The summed E-state index contributed by atoms with van der Waals surface area (Å²) in [4.78, 5) is 24.7. The molecule has 1 atom stereocenters. The number of fused-ring (bicyclic) bond motifs is 1. The molecule has 3 aromatic rings. The standard InChI is InChI=1S/C23H22N4O5/c1-3-32-15-10-8-14(9-11-15)25-22(28)17-13-24-27-19(12-18(23(29)30)26-21(17)27)16-6-4-5-7-20(16)31-2/h4-13,19,26H,3H2,1-2H3,(H,25,28)(H,29,30)/t19-/m1/s1. The van der Waals surface area contributed by atoms with Gasteiger partial charge >= 0.3 is 5.97 Å². The summed E-state index contributed by atoms with van der Waals surface area (Å²) in [5.74, 6) is 0.000908. The summed E-state index contributed by atoms with van der Waals surface area (Å²) in [5.41, 5.74) is 1.46. The first-order valence-corrected chi connectivity index (χ1v) is 9.98. The van der Waals surface area contributed by atoms with Crippen LogP contribution in [-0.2, 0) is 4.79 Å².